The summed E-state index contributed by atoms with van der Waals surface area (Å²) in [6.45, 7) is 0.981. The predicted molar refractivity (Wildman–Crippen MR) is 132 cm³/mol. The molecule has 4 rings (SSSR count). The Labute approximate surface area is 216 Å². The van der Waals surface area contributed by atoms with Crippen molar-refractivity contribution >= 4 is 27.7 Å². The first-order chi connectivity index (χ1) is 17.0. The van der Waals surface area contributed by atoms with Crippen LogP contribution in [0, 0.1) is 5.92 Å². The summed E-state index contributed by atoms with van der Waals surface area (Å²) in [5.41, 5.74) is -1.63. The largest absolute Gasteiger partial charge is 0.416 e. The quantitative estimate of drug-likeness (QED) is 0.422. The van der Waals surface area contributed by atoms with E-state index in [2.05, 4.69) is 31.9 Å². The standard InChI is InChI=1S/C26H29BrF3N3O3/c27-21-6-2-4-19(14-21)25(36)9-7-18(8-10-25)24(11-12-31-16-24)33-22(34)15-32-23(35)17-3-1-5-20(13-17)26(28,29)30/h1-6,13-14,18,31,36H,7-12,15-16H2,(H,32,35)(H,33,34)/t18?,24-,25?/m0/s1. The van der Waals surface area contributed by atoms with Gasteiger partial charge in [0.2, 0.25) is 5.91 Å². The van der Waals surface area contributed by atoms with Gasteiger partial charge in [0.25, 0.3) is 5.91 Å². The molecule has 4 N–H and O–H groups in total. The topological polar surface area (TPSA) is 90.5 Å². The molecule has 1 saturated heterocycles. The number of aliphatic hydroxyl groups is 1. The molecule has 1 aliphatic carbocycles. The van der Waals surface area contributed by atoms with Gasteiger partial charge in [0, 0.05) is 16.6 Å². The van der Waals surface area contributed by atoms with Gasteiger partial charge < -0.3 is 21.1 Å². The van der Waals surface area contributed by atoms with Crippen LogP contribution in [0.3, 0.4) is 0 Å². The van der Waals surface area contributed by atoms with Crippen LogP contribution in [0.2, 0.25) is 0 Å². The fourth-order valence-electron chi connectivity index (χ4n) is 5.40. The zero-order chi connectivity index (χ0) is 26.0. The molecule has 6 nitrogen and oxygen atoms in total. The van der Waals surface area contributed by atoms with Crippen molar-refractivity contribution in [3.63, 3.8) is 0 Å². The van der Waals surface area contributed by atoms with Gasteiger partial charge in [-0.3, -0.25) is 9.59 Å². The van der Waals surface area contributed by atoms with E-state index in [1.165, 1.54) is 6.07 Å². The third-order valence-electron chi connectivity index (χ3n) is 7.39. The molecule has 0 bridgehead atoms. The first-order valence-corrected chi connectivity index (χ1v) is 12.8. The monoisotopic (exact) mass is 567 g/mol. The number of halogens is 4. The maximum Gasteiger partial charge on any atom is 0.416 e. The van der Waals surface area contributed by atoms with E-state index >= 15 is 0 Å². The zero-order valence-corrected chi connectivity index (χ0v) is 21.2. The Bertz CT molecular complexity index is 1110. The van der Waals surface area contributed by atoms with Gasteiger partial charge in [-0.1, -0.05) is 34.1 Å². The Morgan fingerprint density at radius 2 is 1.81 bits per heavy atom. The Balaban J connectivity index is 1.36. The Hall–Kier alpha value is -2.43. The van der Waals surface area contributed by atoms with Gasteiger partial charge in [-0.05, 0) is 80.5 Å². The number of alkyl halides is 3. The van der Waals surface area contributed by atoms with Crippen LogP contribution in [-0.2, 0) is 16.6 Å². The van der Waals surface area contributed by atoms with Gasteiger partial charge in [-0.2, -0.15) is 13.2 Å². The fourth-order valence-corrected chi connectivity index (χ4v) is 5.80. The van der Waals surface area contributed by atoms with E-state index in [0.29, 0.717) is 19.4 Å². The Kier molecular flexibility index (Phi) is 7.78. The lowest BCUT2D eigenvalue weighted by molar-refractivity contribution is -0.137. The lowest BCUT2D eigenvalue weighted by Gasteiger charge is -2.44. The third kappa shape index (κ3) is 5.92. The van der Waals surface area contributed by atoms with Crippen molar-refractivity contribution in [2.75, 3.05) is 19.6 Å². The van der Waals surface area contributed by atoms with E-state index < -0.39 is 34.7 Å². The van der Waals surface area contributed by atoms with E-state index in [-0.39, 0.29) is 18.0 Å². The molecule has 0 radical (unpaired) electrons. The van der Waals surface area contributed by atoms with E-state index in [1.807, 2.05) is 24.3 Å². The van der Waals surface area contributed by atoms with Crippen molar-refractivity contribution in [1.82, 2.24) is 16.0 Å². The second-order valence-electron chi connectivity index (χ2n) is 9.71. The number of hydrogen-bond donors (Lipinski definition) is 4. The maximum atomic E-state index is 12.9. The van der Waals surface area contributed by atoms with Crippen LogP contribution in [0.25, 0.3) is 0 Å². The number of rotatable bonds is 6. The fraction of sp³-hybridized carbons (Fsp3) is 0.462. The minimum absolute atomic E-state index is 0.142. The van der Waals surface area contributed by atoms with E-state index in [4.69, 9.17) is 0 Å². The molecule has 0 unspecified atom stereocenters. The Morgan fingerprint density at radius 1 is 1.08 bits per heavy atom. The molecule has 2 fully saturated rings. The Morgan fingerprint density at radius 3 is 2.44 bits per heavy atom. The molecular weight excluding hydrogens is 539 g/mol. The number of nitrogens with one attached hydrogen (secondary N) is 3. The summed E-state index contributed by atoms with van der Waals surface area (Å²) in [5, 5.41) is 20.1. The molecule has 194 valence electrons. The third-order valence-corrected chi connectivity index (χ3v) is 7.89. The van der Waals surface area contributed by atoms with Crippen LogP contribution in [0.4, 0.5) is 13.2 Å². The highest BCUT2D eigenvalue weighted by Gasteiger charge is 2.46. The molecule has 2 aromatic rings. The molecule has 0 spiro atoms. The second kappa shape index (κ2) is 10.5. The van der Waals surface area contributed by atoms with Gasteiger partial charge >= 0.3 is 6.18 Å². The molecule has 2 aromatic carbocycles. The van der Waals surface area contributed by atoms with Crippen molar-refractivity contribution in [2.24, 2.45) is 5.92 Å². The summed E-state index contributed by atoms with van der Waals surface area (Å²) in [6.07, 6.45) is -1.25. The van der Waals surface area contributed by atoms with Crippen molar-refractivity contribution in [3.05, 3.63) is 69.7 Å². The average Bonchev–Trinajstić information content (AvgIpc) is 3.32. The van der Waals surface area contributed by atoms with Crippen LogP contribution in [0.1, 0.15) is 53.6 Å². The molecule has 1 heterocycles. The van der Waals surface area contributed by atoms with Gasteiger partial charge in [0.05, 0.1) is 23.2 Å². The summed E-state index contributed by atoms with van der Waals surface area (Å²) in [7, 11) is 0. The second-order valence-corrected chi connectivity index (χ2v) is 10.6. The lowest BCUT2D eigenvalue weighted by Crippen LogP contribution is -2.58. The summed E-state index contributed by atoms with van der Waals surface area (Å²) < 4.78 is 39.7. The van der Waals surface area contributed by atoms with E-state index in [0.717, 1.165) is 54.0 Å². The highest BCUT2D eigenvalue weighted by atomic mass is 79.9. The molecule has 0 aromatic heterocycles. The van der Waals surface area contributed by atoms with Gasteiger partial charge in [-0.25, -0.2) is 0 Å². The molecule has 1 saturated carbocycles. The number of hydrogen-bond acceptors (Lipinski definition) is 4. The number of carbonyl (C=O) groups excluding carboxylic acids is 2. The predicted octanol–water partition coefficient (Wildman–Crippen LogP) is 4.12. The van der Waals surface area contributed by atoms with E-state index in [1.54, 1.807) is 0 Å². The minimum Gasteiger partial charge on any atom is -0.385 e. The van der Waals surface area contributed by atoms with Crippen molar-refractivity contribution in [1.29, 1.82) is 0 Å². The molecule has 1 aliphatic heterocycles. The first-order valence-electron chi connectivity index (χ1n) is 12.0. The zero-order valence-electron chi connectivity index (χ0n) is 19.6. The summed E-state index contributed by atoms with van der Waals surface area (Å²) in [6, 6.07) is 11.8. The molecule has 2 aliphatic rings. The van der Waals surface area contributed by atoms with Crippen LogP contribution in [0.15, 0.2) is 53.0 Å². The smallest absolute Gasteiger partial charge is 0.385 e. The van der Waals surface area contributed by atoms with Crippen LogP contribution >= 0.6 is 15.9 Å². The number of amides is 2. The van der Waals surface area contributed by atoms with Crippen LogP contribution in [-0.4, -0.2) is 42.1 Å². The molecular formula is C26H29BrF3N3O3. The lowest BCUT2D eigenvalue weighted by atomic mass is 9.68. The summed E-state index contributed by atoms with van der Waals surface area (Å²) in [5.74, 6) is -0.999. The molecule has 1 atom stereocenters. The van der Waals surface area contributed by atoms with Crippen molar-refractivity contribution < 1.29 is 27.9 Å². The van der Waals surface area contributed by atoms with Crippen molar-refractivity contribution in [2.45, 2.75) is 49.4 Å². The molecule has 36 heavy (non-hydrogen) atoms. The highest BCUT2D eigenvalue weighted by molar-refractivity contribution is 9.10. The number of benzene rings is 2. The van der Waals surface area contributed by atoms with Crippen LogP contribution < -0.4 is 16.0 Å². The first kappa shape index (κ1) is 26.6. The number of carbonyl (C=O) groups is 2. The summed E-state index contributed by atoms with van der Waals surface area (Å²) >= 11 is 3.46. The normalized spacial score (nSPS) is 26.4. The molecule has 10 heteroatoms. The maximum absolute atomic E-state index is 12.9. The summed E-state index contributed by atoms with van der Waals surface area (Å²) in [4.78, 5) is 25.2. The highest BCUT2D eigenvalue weighted by Crippen LogP contribution is 2.44. The minimum atomic E-state index is -4.56. The van der Waals surface area contributed by atoms with Gasteiger partial charge in [-0.15, -0.1) is 0 Å². The van der Waals surface area contributed by atoms with Gasteiger partial charge in [0.15, 0.2) is 0 Å². The van der Waals surface area contributed by atoms with Crippen molar-refractivity contribution in [3.8, 4) is 0 Å². The van der Waals surface area contributed by atoms with E-state index in [9.17, 15) is 27.9 Å². The van der Waals surface area contributed by atoms with Gasteiger partial charge in [0.1, 0.15) is 0 Å². The molecule has 2 amide bonds. The average molecular weight is 568 g/mol. The van der Waals surface area contributed by atoms with Crippen LogP contribution in [0.5, 0.6) is 0 Å². The SMILES string of the molecule is O=C(CNC(=O)c1cccc(C(F)(F)F)c1)N[C@@]1(C2CCC(O)(c3cccc(Br)c3)CC2)CCNC1.